The molecular weight excluding hydrogens is 202 g/mol. The zero-order chi connectivity index (χ0) is 11.4. The average molecular weight is 227 g/mol. The van der Waals surface area contributed by atoms with Gasteiger partial charge in [0.05, 0.1) is 0 Å². The lowest BCUT2D eigenvalue weighted by atomic mass is 9.86. The quantitative estimate of drug-likeness (QED) is 0.706. The van der Waals surface area contributed by atoms with Gasteiger partial charge in [-0.15, -0.1) is 0 Å². The van der Waals surface area contributed by atoms with E-state index in [4.69, 9.17) is 4.74 Å². The van der Waals surface area contributed by atoms with E-state index in [0.29, 0.717) is 12.1 Å². The first-order chi connectivity index (χ1) is 7.83. The van der Waals surface area contributed by atoms with Crippen molar-refractivity contribution in [1.29, 1.82) is 0 Å². The summed E-state index contributed by atoms with van der Waals surface area (Å²) in [6.07, 6.45) is 2.41. The Balaban J connectivity index is 1.96. The second-order valence-corrected chi connectivity index (χ2v) is 5.02. The summed E-state index contributed by atoms with van der Waals surface area (Å²) < 4.78 is 5.45. The summed E-state index contributed by atoms with van der Waals surface area (Å²) in [6.45, 7) is 5.27. The van der Waals surface area contributed by atoms with Crippen molar-refractivity contribution in [2.45, 2.75) is 24.9 Å². The molecule has 4 heteroatoms. The largest absolute Gasteiger partial charge is 0.381 e. The van der Waals surface area contributed by atoms with Gasteiger partial charge < -0.3 is 15.4 Å². The van der Waals surface area contributed by atoms with Crippen molar-refractivity contribution in [3.63, 3.8) is 0 Å². The highest BCUT2D eigenvalue weighted by molar-refractivity contribution is 4.92. The number of hydrogen-bond acceptors (Lipinski definition) is 4. The van der Waals surface area contributed by atoms with Gasteiger partial charge in [0, 0.05) is 44.9 Å². The van der Waals surface area contributed by atoms with Gasteiger partial charge in [0.15, 0.2) is 0 Å². The molecule has 0 spiro atoms. The summed E-state index contributed by atoms with van der Waals surface area (Å²) in [5, 5.41) is 7.04. The summed E-state index contributed by atoms with van der Waals surface area (Å²) in [5.41, 5.74) is 0. The minimum absolute atomic E-state index is 0.599. The molecule has 2 fully saturated rings. The Labute approximate surface area is 98.7 Å². The molecule has 2 heterocycles. The predicted molar refractivity (Wildman–Crippen MR) is 65.7 cm³/mol. The van der Waals surface area contributed by atoms with Crippen LogP contribution < -0.4 is 10.6 Å². The van der Waals surface area contributed by atoms with Gasteiger partial charge in [0.2, 0.25) is 0 Å². The van der Waals surface area contributed by atoms with Crippen LogP contribution >= 0.6 is 0 Å². The SMILES string of the molecule is CNC(C1CCOCC1)C1CNCCN1C. The van der Waals surface area contributed by atoms with Crippen molar-refractivity contribution < 1.29 is 4.74 Å². The molecule has 0 amide bonds. The fraction of sp³-hybridized carbons (Fsp3) is 1.00. The molecule has 0 bridgehead atoms. The molecule has 0 aromatic heterocycles. The van der Waals surface area contributed by atoms with Crippen LogP contribution in [0.25, 0.3) is 0 Å². The normalized spacial score (nSPS) is 31.5. The van der Waals surface area contributed by atoms with Crippen molar-refractivity contribution >= 4 is 0 Å². The molecule has 0 aliphatic carbocycles. The van der Waals surface area contributed by atoms with Crippen molar-refractivity contribution in [2.24, 2.45) is 5.92 Å². The van der Waals surface area contributed by atoms with Gasteiger partial charge in [0.1, 0.15) is 0 Å². The maximum absolute atomic E-state index is 5.45. The number of likely N-dealkylation sites (N-methyl/N-ethyl adjacent to an activating group) is 2. The molecule has 2 saturated heterocycles. The van der Waals surface area contributed by atoms with Crippen molar-refractivity contribution in [1.82, 2.24) is 15.5 Å². The number of hydrogen-bond donors (Lipinski definition) is 2. The van der Waals surface area contributed by atoms with Gasteiger partial charge in [-0.2, -0.15) is 0 Å². The van der Waals surface area contributed by atoms with Crippen LogP contribution in [0.5, 0.6) is 0 Å². The minimum atomic E-state index is 0.599. The van der Waals surface area contributed by atoms with E-state index in [1.54, 1.807) is 0 Å². The van der Waals surface area contributed by atoms with E-state index in [-0.39, 0.29) is 0 Å². The molecule has 0 radical (unpaired) electrons. The smallest absolute Gasteiger partial charge is 0.0469 e. The molecule has 0 aromatic carbocycles. The van der Waals surface area contributed by atoms with Crippen LogP contribution in [-0.4, -0.2) is 63.9 Å². The fourth-order valence-corrected chi connectivity index (χ4v) is 3.05. The Morgan fingerprint density at radius 1 is 1.38 bits per heavy atom. The van der Waals surface area contributed by atoms with Crippen LogP contribution in [0, 0.1) is 5.92 Å². The van der Waals surface area contributed by atoms with Gasteiger partial charge in [-0.1, -0.05) is 0 Å². The first kappa shape index (κ1) is 12.3. The molecule has 2 rings (SSSR count). The van der Waals surface area contributed by atoms with Crippen molar-refractivity contribution in [3.8, 4) is 0 Å². The highest BCUT2D eigenvalue weighted by Crippen LogP contribution is 2.23. The topological polar surface area (TPSA) is 36.5 Å². The van der Waals surface area contributed by atoms with E-state index >= 15 is 0 Å². The third kappa shape index (κ3) is 2.74. The number of ether oxygens (including phenoxy) is 1. The number of rotatable bonds is 3. The minimum Gasteiger partial charge on any atom is -0.381 e. The summed E-state index contributed by atoms with van der Waals surface area (Å²) in [7, 11) is 4.34. The molecule has 16 heavy (non-hydrogen) atoms. The van der Waals surface area contributed by atoms with E-state index in [1.165, 1.54) is 12.8 Å². The standard InChI is InChI=1S/C12H25N3O/c1-13-12(10-3-7-16-8-4-10)11-9-14-5-6-15(11)2/h10-14H,3-9H2,1-2H3. The van der Waals surface area contributed by atoms with E-state index in [1.807, 2.05) is 0 Å². The molecule has 0 saturated carbocycles. The van der Waals surface area contributed by atoms with Crippen LogP contribution in [0.4, 0.5) is 0 Å². The number of piperazine rings is 1. The molecule has 2 unspecified atom stereocenters. The summed E-state index contributed by atoms with van der Waals surface area (Å²) in [6, 6.07) is 1.23. The molecule has 2 aliphatic heterocycles. The lowest BCUT2D eigenvalue weighted by Gasteiger charge is -2.42. The van der Waals surface area contributed by atoms with Crippen LogP contribution in [0.2, 0.25) is 0 Å². The number of nitrogens with one attached hydrogen (secondary N) is 2. The van der Waals surface area contributed by atoms with Gasteiger partial charge in [0.25, 0.3) is 0 Å². The Hall–Kier alpha value is -0.160. The third-order valence-corrected chi connectivity index (χ3v) is 4.08. The lowest BCUT2D eigenvalue weighted by molar-refractivity contribution is 0.0342. The van der Waals surface area contributed by atoms with Crippen LogP contribution in [-0.2, 0) is 4.74 Å². The highest BCUT2D eigenvalue weighted by atomic mass is 16.5. The van der Waals surface area contributed by atoms with E-state index in [0.717, 1.165) is 38.8 Å². The monoisotopic (exact) mass is 227 g/mol. The molecule has 4 nitrogen and oxygen atoms in total. The summed E-state index contributed by atoms with van der Waals surface area (Å²) in [5.74, 6) is 0.770. The van der Waals surface area contributed by atoms with Crippen molar-refractivity contribution in [3.05, 3.63) is 0 Å². The molecule has 2 atom stereocenters. The lowest BCUT2D eigenvalue weighted by Crippen LogP contribution is -2.60. The van der Waals surface area contributed by atoms with E-state index < -0.39 is 0 Å². The van der Waals surface area contributed by atoms with Crippen LogP contribution in [0.3, 0.4) is 0 Å². The zero-order valence-corrected chi connectivity index (χ0v) is 10.5. The fourth-order valence-electron chi connectivity index (χ4n) is 3.05. The molecule has 94 valence electrons. The first-order valence-electron chi connectivity index (χ1n) is 6.49. The second-order valence-electron chi connectivity index (χ2n) is 5.02. The highest BCUT2D eigenvalue weighted by Gasteiger charge is 2.33. The Bertz CT molecular complexity index is 206. The Morgan fingerprint density at radius 2 is 2.12 bits per heavy atom. The Kier molecular flexibility index (Phi) is 4.58. The van der Waals surface area contributed by atoms with Crippen LogP contribution in [0.1, 0.15) is 12.8 Å². The van der Waals surface area contributed by atoms with Gasteiger partial charge in [-0.25, -0.2) is 0 Å². The van der Waals surface area contributed by atoms with Gasteiger partial charge in [-0.05, 0) is 32.9 Å². The number of nitrogens with zero attached hydrogens (tertiary/aromatic N) is 1. The maximum Gasteiger partial charge on any atom is 0.0469 e. The molecule has 0 aromatic rings. The molecule has 2 aliphatic rings. The average Bonchev–Trinajstić information content (AvgIpc) is 2.34. The zero-order valence-electron chi connectivity index (χ0n) is 10.5. The van der Waals surface area contributed by atoms with E-state index in [2.05, 4.69) is 29.6 Å². The predicted octanol–water partition coefficient (Wildman–Crippen LogP) is -0.0954. The summed E-state index contributed by atoms with van der Waals surface area (Å²) in [4.78, 5) is 2.49. The second kappa shape index (κ2) is 5.96. The van der Waals surface area contributed by atoms with Gasteiger partial charge >= 0.3 is 0 Å². The van der Waals surface area contributed by atoms with Crippen LogP contribution in [0.15, 0.2) is 0 Å². The third-order valence-electron chi connectivity index (χ3n) is 4.08. The van der Waals surface area contributed by atoms with Crippen molar-refractivity contribution in [2.75, 3.05) is 46.9 Å². The summed E-state index contributed by atoms with van der Waals surface area (Å²) >= 11 is 0. The van der Waals surface area contributed by atoms with Gasteiger partial charge in [-0.3, -0.25) is 4.90 Å². The molecule has 2 N–H and O–H groups in total. The van der Waals surface area contributed by atoms with E-state index in [9.17, 15) is 0 Å². The maximum atomic E-state index is 5.45. The first-order valence-corrected chi connectivity index (χ1v) is 6.49. The Morgan fingerprint density at radius 3 is 2.75 bits per heavy atom. The molecular formula is C12H25N3O.